The highest BCUT2D eigenvalue weighted by molar-refractivity contribution is 5.77. The SMILES string of the molecule is O=C(COc1ccccc1)NC1CCN(c2cc(C3CC3)[nH]n2)CC1. The molecule has 1 amide bonds. The molecule has 0 bridgehead atoms. The van der Waals surface area contributed by atoms with E-state index in [4.69, 9.17) is 4.74 Å². The number of nitrogens with one attached hydrogen (secondary N) is 2. The van der Waals surface area contributed by atoms with Crippen LogP contribution in [0, 0.1) is 0 Å². The first-order valence-corrected chi connectivity index (χ1v) is 9.05. The first-order valence-electron chi connectivity index (χ1n) is 9.05. The highest BCUT2D eigenvalue weighted by Gasteiger charge is 2.27. The van der Waals surface area contributed by atoms with E-state index in [2.05, 4.69) is 26.5 Å². The number of rotatable bonds is 6. The molecule has 1 aromatic carbocycles. The molecule has 0 spiro atoms. The number of aromatic nitrogens is 2. The second-order valence-corrected chi connectivity index (χ2v) is 6.89. The molecule has 2 fully saturated rings. The van der Waals surface area contributed by atoms with Gasteiger partial charge in [-0.2, -0.15) is 5.10 Å². The van der Waals surface area contributed by atoms with Crippen molar-refractivity contribution in [3.63, 3.8) is 0 Å². The summed E-state index contributed by atoms with van der Waals surface area (Å²) in [7, 11) is 0. The van der Waals surface area contributed by atoms with E-state index in [-0.39, 0.29) is 18.6 Å². The van der Waals surface area contributed by atoms with E-state index in [0.717, 1.165) is 37.5 Å². The Morgan fingerprint density at radius 1 is 1.20 bits per heavy atom. The van der Waals surface area contributed by atoms with Gasteiger partial charge < -0.3 is 15.0 Å². The monoisotopic (exact) mass is 340 g/mol. The van der Waals surface area contributed by atoms with Crippen LogP contribution in [0.4, 0.5) is 5.82 Å². The lowest BCUT2D eigenvalue weighted by Crippen LogP contribution is -2.46. The molecule has 6 nitrogen and oxygen atoms in total. The van der Waals surface area contributed by atoms with Crippen molar-refractivity contribution in [2.24, 2.45) is 0 Å². The van der Waals surface area contributed by atoms with Crippen LogP contribution < -0.4 is 15.0 Å². The van der Waals surface area contributed by atoms with E-state index in [1.807, 2.05) is 30.3 Å². The van der Waals surface area contributed by atoms with Crippen LogP contribution >= 0.6 is 0 Å². The Labute approximate surface area is 147 Å². The number of nitrogens with zero attached hydrogens (tertiary/aromatic N) is 2. The molecule has 1 saturated carbocycles. The lowest BCUT2D eigenvalue weighted by atomic mass is 10.1. The summed E-state index contributed by atoms with van der Waals surface area (Å²) < 4.78 is 5.49. The predicted molar refractivity (Wildman–Crippen MR) is 95.9 cm³/mol. The standard InChI is InChI=1S/C19H24N4O2/c24-19(13-25-16-4-2-1-3-5-16)20-15-8-10-23(11-9-15)18-12-17(21-22-18)14-6-7-14/h1-5,12,14-15H,6-11,13H2,(H,20,24)(H,21,22). The molecule has 2 aromatic rings. The average Bonchev–Trinajstić information content (AvgIpc) is 3.39. The smallest absolute Gasteiger partial charge is 0.258 e. The number of anilines is 1. The first-order chi connectivity index (χ1) is 12.3. The van der Waals surface area contributed by atoms with Gasteiger partial charge in [0.2, 0.25) is 0 Å². The summed E-state index contributed by atoms with van der Waals surface area (Å²) in [5.74, 6) is 2.40. The van der Waals surface area contributed by atoms with E-state index >= 15 is 0 Å². The topological polar surface area (TPSA) is 70.2 Å². The minimum atomic E-state index is -0.0573. The van der Waals surface area contributed by atoms with Crippen LogP contribution in [0.15, 0.2) is 36.4 Å². The maximum atomic E-state index is 12.1. The number of carbonyl (C=O) groups is 1. The first kappa shape index (κ1) is 16.0. The van der Waals surface area contributed by atoms with Crippen LogP contribution in [0.2, 0.25) is 0 Å². The summed E-state index contributed by atoms with van der Waals surface area (Å²) in [5, 5.41) is 10.7. The van der Waals surface area contributed by atoms with Crippen LogP contribution in [0.1, 0.15) is 37.3 Å². The fourth-order valence-electron chi connectivity index (χ4n) is 3.28. The molecule has 1 aromatic heterocycles. The number of benzene rings is 1. The largest absolute Gasteiger partial charge is 0.484 e. The molecule has 2 heterocycles. The lowest BCUT2D eigenvalue weighted by Gasteiger charge is -2.32. The molecule has 1 saturated heterocycles. The van der Waals surface area contributed by atoms with Gasteiger partial charge in [0.1, 0.15) is 5.75 Å². The zero-order chi connectivity index (χ0) is 17.1. The Hall–Kier alpha value is -2.50. The highest BCUT2D eigenvalue weighted by Crippen LogP contribution is 2.40. The van der Waals surface area contributed by atoms with Gasteiger partial charge in [0, 0.05) is 36.8 Å². The molecule has 1 aliphatic carbocycles. The van der Waals surface area contributed by atoms with Crippen molar-refractivity contribution in [2.75, 3.05) is 24.6 Å². The Morgan fingerprint density at radius 2 is 1.96 bits per heavy atom. The van der Waals surface area contributed by atoms with Gasteiger partial charge in [0.15, 0.2) is 12.4 Å². The molecule has 0 unspecified atom stereocenters. The second-order valence-electron chi connectivity index (χ2n) is 6.89. The number of piperidine rings is 1. The maximum absolute atomic E-state index is 12.1. The van der Waals surface area contributed by atoms with Crippen molar-refractivity contribution in [3.8, 4) is 5.75 Å². The fraction of sp³-hybridized carbons (Fsp3) is 0.474. The third-order valence-electron chi connectivity index (χ3n) is 4.90. The van der Waals surface area contributed by atoms with Gasteiger partial charge in [0.05, 0.1) is 0 Å². The summed E-state index contributed by atoms with van der Waals surface area (Å²) >= 11 is 0. The molecule has 0 atom stereocenters. The van der Waals surface area contributed by atoms with Gasteiger partial charge >= 0.3 is 0 Å². The summed E-state index contributed by atoms with van der Waals surface area (Å²) in [6, 6.07) is 11.8. The van der Waals surface area contributed by atoms with Crippen LogP contribution in [-0.2, 0) is 4.79 Å². The average molecular weight is 340 g/mol. The van der Waals surface area contributed by atoms with Crippen LogP contribution in [-0.4, -0.2) is 41.8 Å². The number of para-hydroxylation sites is 1. The van der Waals surface area contributed by atoms with Gasteiger partial charge in [-0.05, 0) is 37.8 Å². The minimum Gasteiger partial charge on any atom is -0.484 e. The van der Waals surface area contributed by atoms with E-state index in [0.29, 0.717) is 5.92 Å². The van der Waals surface area contributed by atoms with Gasteiger partial charge in [-0.25, -0.2) is 0 Å². The molecular weight excluding hydrogens is 316 g/mol. The van der Waals surface area contributed by atoms with Gasteiger partial charge in [-0.3, -0.25) is 9.89 Å². The summed E-state index contributed by atoms with van der Waals surface area (Å²) in [4.78, 5) is 14.4. The maximum Gasteiger partial charge on any atom is 0.258 e. The number of hydrogen-bond donors (Lipinski definition) is 2. The third kappa shape index (κ3) is 4.13. The number of hydrogen-bond acceptors (Lipinski definition) is 4. The predicted octanol–water partition coefficient (Wildman–Crippen LogP) is 2.45. The van der Waals surface area contributed by atoms with E-state index in [1.165, 1.54) is 18.5 Å². The zero-order valence-electron chi connectivity index (χ0n) is 14.3. The van der Waals surface area contributed by atoms with Crippen molar-refractivity contribution in [2.45, 2.75) is 37.6 Å². The van der Waals surface area contributed by atoms with E-state index in [1.54, 1.807) is 0 Å². The number of ether oxygens (including phenoxy) is 1. The molecular formula is C19H24N4O2. The Kier molecular flexibility index (Phi) is 4.59. The number of H-pyrrole nitrogens is 1. The summed E-state index contributed by atoms with van der Waals surface area (Å²) in [6.07, 6.45) is 4.42. The van der Waals surface area contributed by atoms with Crippen LogP contribution in [0.3, 0.4) is 0 Å². The highest BCUT2D eigenvalue weighted by atomic mass is 16.5. The molecule has 2 aliphatic rings. The van der Waals surface area contributed by atoms with Crippen molar-refractivity contribution in [1.29, 1.82) is 0 Å². The van der Waals surface area contributed by atoms with Gasteiger partial charge in [-0.15, -0.1) is 0 Å². The Morgan fingerprint density at radius 3 is 2.68 bits per heavy atom. The minimum absolute atomic E-state index is 0.0573. The van der Waals surface area contributed by atoms with Crippen molar-refractivity contribution in [3.05, 3.63) is 42.1 Å². The van der Waals surface area contributed by atoms with Gasteiger partial charge in [0.25, 0.3) is 5.91 Å². The quantitative estimate of drug-likeness (QED) is 0.847. The number of carbonyl (C=O) groups excluding carboxylic acids is 1. The zero-order valence-corrected chi connectivity index (χ0v) is 14.3. The number of amides is 1. The normalized spacial score (nSPS) is 18.2. The summed E-state index contributed by atoms with van der Waals surface area (Å²) in [6.45, 7) is 1.90. The fourth-order valence-corrected chi connectivity index (χ4v) is 3.28. The van der Waals surface area contributed by atoms with Crippen molar-refractivity contribution >= 4 is 11.7 Å². The Bertz CT molecular complexity index is 703. The molecule has 4 rings (SSSR count). The summed E-state index contributed by atoms with van der Waals surface area (Å²) in [5.41, 5.74) is 1.27. The molecule has 1 aliphatic heterocycles. The van der Waals surface area contributed by atoms with Crippen molar-refractivity contribution in [1.82, 2.24) is 15.5 Å². The molecule has 2 N–H and O–H groups in total. The number of aromatic amines is 1. The molecule has 132 valence electrons. The third-order valence-corrected chi connectivity index (χ3v) is 4.90. The van der Waals surface area contributed by atoms with Crippen LogP contribution in [0.5, 0.6) is 5.75 Å². The Balaban J connectivity index is 1.21. The van der Waals surface area contributed by atoms with E-state index in [9.17, 15) is 4.79 Å². The second kappa shape index (κ2) is 7.17. The van der Waals surface area contributed by atoms with Crippen LogP contribution in [0.25, 0.3) is 0 Å². The van der Waals surface area contributed by atoms with E-state index < -0.39 is 0 Å². The van der Waals surface area contributed by atoms with Crippen molar-refractivity contribution < 1.29 is 9.53 Å². The molecule has 25 heavy (non-hydrogen) atoms. The molecule has 6 heteroatoms. The lowest BCUT2D eigenvalue weighted by molar-refractivity contribution is -0.123. The van der Waals surface area contributed by atoms with Gasteiger partial charge in [-0.1, -0.05) is 18.2 Å². The molecule has 0 radical (unpaired) electrons.